The molecule has 0 aliphatic heterocycles. The molecule has 1 N–H and O–H groups in total. The van der Waals surface area contributed by atoms with E-state index in [1.54, 1.807) is 43.5 Å². The topological polar surface area (TPSA) is 74.2 Å². The molecule has 6 nitrogen and oxygen atoms in total. The van der Waals surface area contributed by atoms with E-state index in [0.717, 1.165) is 6.04 Å². The maximum Gasteiger partial charge on any atom is 0.195 e. The number of hydrogen-bond donors (Lipinski definition) is 1. The summed E-state index contributed by atoms with van der Waals surface area (Å²) in [6, 6.07) is 13.7. The first-order valence-electron chi connectivity index (χ1n) is 11.2. The van der Waals surface area contributed by atoms with Gasteiger partial charge in [0.1, 0.15) is 6.10 Å². The van der Waals surface area contributed by atoms with Crippen molar-refractivity contribution in [1.29, 1.82) is 0 Å². The SMILES string of the molecule is CCC[SiH](CCC)CCOc1ccc(C(=O)C(O)c2ccc(OC)c(OC)c2)cc1OC. The first-order valence-corrected chi connectivity index (χ1v) is 13.7. The highest BCUT2D eigenvalue weighted by atomic mass is 28.3. The standard InChI is InChI=1S/C25H36O6Si/c1-6-13-32(14-7-2)15-12-31-21-11-9-19(17-23(21)30-5)25(27)24(26)18-8-10-20(28-3)22(16-18)29-4/h8-11,16-17,24,26,32H,6-7,12-15H2,1-5H3. The van der Waals surface area contributed by atoms with E-state index >= 15 is 0 Å². The summed E-state index contributed by atoms with van der Waals surface area (Å²) in [4.78, 5) is 12.9. The molecule has 0 saturated carbocycles. The molecule has 2 aromatic carbocycles. The first kappa shape index (κ1) is 25.7. The van der Waals surface area contributed by atoms with Crippen LogP contribution >= 0.6 is 0 Å². The number of Topliss-reactive ketones (excluding diaryl/α,β-unsaturated/α-hetero) is 1. The van der Waals surface area contributed by atoms with Gasteiger partial charge in [0.2, 0.25) is 0 Å². The molecule has 2 rings (SSSR count). The fourth-order valence-corrected chi connectivity index (χ4v) is 6.81. The minimum absolute atomic E-state index is 0.348. The molecule has 0 heterocycles. The number of rotatable bonds is 14. The van der Waals surface area contributed by atoms with Crippen molar-refractivity contribution < 1.29 is 28.8 Å². The number of aliphatic hydroxyl groups excluding tert-OH is 1. The molecule has 2 aromatic rings. The van der Waals surface area contributed by atoms with E-state index in [-0.39, 0.29) is 0 Å². The monoisotopic (exact) mass is 460 g/mol. The summed E-state index contributed by atoms with van der Waals surface area (Å²) in [5, 5.41) is 10.6. The number of ether oxygens (including phenoxy) is 4. The summed E-state index contributed by atoms with van der Waals surface area (Å²) in [5.41, 5.74) is 0.774. The number of carbonyl (C=O) groups excluding carboxylic acids is 1. The van der Waals surface area contributed by atoms with Crippen LogP contribution in [0.1, 0.15) is 48.7 Å². The maximum atomic E-state index is 12.9. The van der Waals surface area contributed by atoms with Crippen LogP contribution in [0.5, 0.6) is 23.0 Å². The average Bonchev–Trinajstić information content (AvgIpc) is 2.82. The van der Waals surface area contributed by atoms with Gasteiger partial charge in [-0.2, -0.15) is 0 Å². The van der Waals surface area contributed by atoms with Gasteiger partial charge in [0.05, 0.1) is 27.9 Å². The van der Waals surface area contributed by atoms with Gasteiger partial charge < -0.3 is 24.1 Å². The van der Waals surface area contributed by atoms with E-state index in [1.165, 1.54) is 39.1 Å². The zero-order valence-electron chi connectivity index (χ0n) is 19.8. The molecule has 176 valence electrons. The highest BCUT2D eigenvalue weighted by Crippen LogP contribution is 2.33. The van der Waals surface area contributed by atoms with Crippen molar-refractivity contribution >= 4 is 14.6 Å². The van der Waals surface area contributed by atoms with Gasteiger partial charge in [-0.25, -0.2) is 0 Å². The second-order valence-electron chi connectivity index (χ2n) is 7.83. The Morgan fingerprint density at radius 3 is 2.03 bits per heavy atom. The molecule has 0 bridgehead atoms. The van der Waals surface area contributed by atoms with Gasteiger partial charge in [-0.1, -0.05) is 44.8 Å². The third-order valence-corrected chi connectivity index (χ3v) is 9.44. The van der Waals surface area contributed by atoms with Crippen LogP contribution in [0.2, 0.25) is 18.1 Å². The molecule has 1 atom stereocenters. The predicted octanol–water partition coefficient (Wildman–Crippen LogP) is 5.05. The Balaban J connectivity index is 2.11. The van der Waals surface area contributed by atoms with Crippen LogP contribution in [-0.2, 0) is 0 Å². The minimum atomic E-state index is -1.33. The summed E-state index contributed by atoms with van der Waals surface area (Å²) in [6.45, 7) is 5.15. The molecular weight excluding hydrogens is 424 g/mol. The van der Waals surface area contributed by atoms with Crippen LogP contribution in [-0.4, -0.2) is 47.6 Å². The molecule has 1 unspecified atom stereocenters. The third-order valence-electron chi connectivity index (χ3n) is 5.60. The van der Waals surface area contributed by atoms with Gasteiger partial charge >= 0.3 is 0 Å². The molecule has 0 saturated heterocycles. The van der Waals surface area contributed by atoms with Crippen LogP contribution in [0.3, 0.4) is 0 Å². The molecule has 0 aromatic heterocycles. The fourth-order valence-electron chi connectivity index (χ4n) is 3.86. The molecule has 7 heteroatoms. The lowest BCUT2D eigenvalue weighted by Gasteiger charge is -2.17. The van der Waals surface area contributed by atoms with E-state index in [4.69, 9.17) is 18.9 Å². The van der Waals surface area contributed by atoms with Gasteiger partial charge in [0, 0.05) is 14.4 Å². The van der Waals surface area contributed by atoms with E-state index in [2.05, 4.69) is 13.8 Å². The number of benzene rings is 2. The smallest absolute Gasteiger partial charge is 0.195 e. The van der Waals surface area contributed by atoms with Crippen molar-refractivity contribution in [2.75, 3.05) is 27.9 Å². The summed E-state index contributed by atoms with van der Waals surface area (Å²) in [5.74, 6) is 1.65. The molecular formula is C25H36O6Si. The third kappa shape index (κ3) is 6.74. The quantitative estimate of drug-likeness (QED) is 0.314. The second kappa shape index (κ2) is 13.1. The Hall–Kier alpha value is -2.51. The normalized spacial score (nSPS) is 11.8. The lowest BCUT2D eigenvalue weighted by Crippen LogP contribution is -2.16. The number of hydrogen-bond acceptors (Lipinski definition) is 6. The minimum Gasteiger partial charge on any atom is -0.493 e. The second-order valence-corrected chi connectivity index (χ2v) is 11.3. The zero-order chi connectivity index (χ0) is 23.5. The van der Waals surface area contributed by atoms with E-state index in [9.17, 15) is 9.90 Å². The fraction of sp³-hybridized carbons (Fsp3) is 0.480. The van der Waals surface area contributed by atoms with Crippen molar-refractivity contribution in [3.05, 3.63) is 47.5 Å². The summed E-state index contributed by atoms with van der Waals surface area (Å²) in [6.07, 6.45) is 1.14. The highest BCUT2D eigenvalue weighted by molar-refractivity contribution is 6.58. The Labute approximate surface area is 193 Å². The molecule has 0 amide bonds. The van der Waals surface area contributed by atoms with E-state index in [1.807, 2.05) is 0 Å². The van der Waals surface area contributed by atoms with Crippen LogP contribution in [0, 0.1) is 0 Å². The number of methoxy groups -OCH3 is 3. The number of aliphatic hydroxyl groups is 1. The largest absolute Gasteiger partial charge is 0.493 e. The molecule has 32 heavy (non-hydrogen) atoms. The van der Waals surface area contributed by atoms with Gasteiger partial charge in [0.15, 0.2) is 28.8 Å². The summed E-state index contributed by atoms with van der Waals surface area (Å²) >= 11 is 0. The zero-order valence-corrected chi connectivity index (χ0v) is 21.0. The highest BCUT2D eigenvalue weighted by Gasteiger charge is 2.22. The number of carbonyl (C=O) groups is 1. The maximum absolute atomic E-state index is 12.9. The number of ketones is 1. The van der Waals surface area contributed by atoms with Gasteiger partial charge in [-0.3, -0.25) is 4.79 Å². The van der Waals surface area contributed by atoms with Crippen molar-refractivity contribution in [2.45, 2.75) is 50.9 Å². The van der Waals surface area contributed by atoms with Crippen LogP contribution in [0.4, 0.5) is 0 Å². The molecule has 0 aliphatic rings. The van der Waals surface area contributed by atoms with Crippen molar-refractivity contribution in [3.8, 4) is 23.0 Å². The molecule has 0 radical (unpaired) electrons. The first-order chi connectivity index (χ1) is 15.5. The molecule has 0 aliphatic carbocycles. The Morgan fingerprint density at radius 2 is 1.44 bits per heavy atom. The summed E-state index contributed by atoms with van der Waals surface area (Å²) < 4.78 is 21.9. The van der Waals surface area contributed by atoms with E-state index < -0.39 is 20.7 Å². The van der Waals surface area contributed by atoms with Crippen LogP contribution in [0.15, 0.2) is 36.4 Å². The van der Waals surface area contributed by atoms with Crippen molar-refractivity contribution in [2.24, 2.45) is 0 Å². The Kier molecular flexibility index (Phi) is 10.6. The lowest BCUT2D eigenvalue weighted by molar-refractivity contribution is 0.0746. The van der Waals surface area contributed by atoms with Crippen LogP contribution in [0.25, 0.3) is 0 Å². The molecule has 0 spiro atoms. The van der Waals surface area contributed by atoms with E-state index in [0.29, 0.717) is 40.7 Å². The molecule has 0 fully saturated rings. The van der Waals surface area contributed by atoms with Gasteiger partial charge in [-0.05, 0) is 41.9 Å². The lowest BCUT2D eigenvalue weighted by atomic mass is 9.99. The average molecular weight is 461 g/mol. The van der Waals surface area contributed by atoms with Crippen molar-refractivity contribution in [1.82, 2.24) is 0 Å². The Bertz CT molecular complexity index is 864. The predicted molar refractivity (Wildman–Crippen MR) is 129 cm³/mol. The Morgan fingerprint density at radius 1 is 0.844 bits per heavy atom. The van der Waals surface area contributed by atoms with Crippen LogP contribution < -0.4 is 18.9 Å². The summed E-state index contributed by atoms with van der Waals surface area (Å²) in [7, 11) is 3.83. The van der Waals surface area contributed by atoms with Gasteiger partial charge in [-0.15, -0.1) is 0 Å². The van der Waals surface area contributed by atoms with Crippen molar-refractivity contribution in [3.63, 3.8) is 0 Å². The van der Waals surface area contributed by atoms with Gasteiger partial charge in [0.25, 0.3) is 0 Å².